The molecule has 98 valence electrons. The van der Waals surface area contributed by atoms with E-state index < -0.39 is 11.9 Å². The maximum Gasteiger partial charge on any atom is 0.310 e. The van der Waals surface area contributed by atoms with Gasteiger partial charge < -0.3 is 14.9 Å². The van der Waals surface area contributed by atoms with E-state index in [1.807, 2.05) is 24.1 Å². The normalized spacial score (nSPS) is 23.4. The van der Waals surface area contributed by atoms with Gasteiger partial charge in [-0.1, -0.05) is 18.2 Å². The summed E-state index contributed by atoms with van der Waals surface area (Å²) in [5.41, 5.74) is 0.788. The van der Waals surface area contributed by atoms with Crippen molar-refractivity contribution in [3.63, 3.8) is 0 Å². The Hall–Kier alpha value is -1.59. The van der Waals surface area contributed by atoms with Gasteiger partial charge in [0.15, 0.2) is 0 Å². The Bertz CT molecular complexity index is 435. The van der Waals surface area contributed by atoms with E-state index in [0.717, 1.165) is 5.56 Å². The predicted molar refractivity (Wildman–Crippen MR) is 65.3 cm³/mol. The van der Waals surface area contributed by atoms with Crippen LogP contribution in [0.15, 0.2) is 24.3 Å². The Balaban J connectivity index is 2.06. The second kappa shape index (κ2) is 5.37. The largest absolute Gasteiger partial charge is 0.508 e. The fourth-order valence-corrected chi connectivity index (χ4v) is 2.24. The van der Waals surface area contributed by atoms with Gasteiger partial charge in [0.05, 0.1) is 19.1 Å². The minimum Gasteiger partial charge on any atom is -0.508 e. The van der Waals surface area contributed by atoms with Crippen molar-refractivity contribution >= 4 is 5.97 Å². The molecular formula is C13H17NO4. The van der Waals surface area contributed by atoms with Gasteiger partial charge in [-0.15, -0.1) is 0 Å². The van der Waals surface area contributed by atoms with Crippen molar-refractivity contribution in [2.45, 2.75) is 12.6 Å². The number of para-hydroxylation sites is 1. The first kappa shape index (κ1) is 12.9. The molecule has 5 heteroatoms. The molecule has 0 bridgehead atoms. The number of phenols is 1. The summed E-state index contributed by atoms with van der Waals surface area (Å²) in [5.74, 6) is -1.10. The number of aromatic hydroxyl groups is 1. The lowest BCUT2D eigenvalue weighted by molar-refractivity contribution is -0.143. The quantitative estimate of drug-likeness (QED) is 0.833. The molecule has 0 amide bonds. The second-order valence-corrected chi connectivity index (χ2v) is 4.59. The van der Waals surface area contributed by atoms with Crippen LogP contribution in [0.3, 0.4) is 0 Å². The van der Waals surface area contributed by atoms with Gasteiger partial charge >= 0.3 is 5.97 Å². The minimum atomic E-state index is -0.832. The molecule has 0 radical (unpaired) electrons. The van der Waals surface area contributed by atoms with Gasteiger partial charge in [-0.3, -0.25) is 9.69 Å². The molecule has 1 saturated heterocycles. The SMILES string of the molecule is CN(Cc1ccccc1O)C1COCC1C(=O)O. The first-order valence-corrected chi connectivity index (χ1v) is 5.87. The number of carboxylic acids is 1. The number of carbonyl (C=O) groups is 1. The van der Waals surface area contributed by atoms with E-state index >= 15 is 0 Å². The van der Waals surface area contributed by atoms with E-state index in [1.54, 1.807) is 12.1 Å². The summed E-state index contributed by atoms with van der Waals surface area (Å²) in [7, 11) is 1.85. The molecule has 1 aliphatic heterocycles. The Kier molecular flexibility index (Phi) is 3.84. The number of benzene rings is 1. The maximum atomic E-state index is 11.1. The third kappa shape index (κ3) is 2.63. The summed E-state index contributed by atoms with van der Waals surface area (Å²) in [6.45, 7) is 1.18. The molecule has 0 aliphatic carbocycles. The van der Waals surface area contributed by atoms with E-state index in [0.29, 0.717) is 13.2 Å². The second-order valence-electron chi connectivity index (χ2n) is 4.59. The highest BCUT2D eigenvalue weighted by Crippen LogP contribution is 2.23. The third-order valence-corrected chi connectivity index (χ3v) is 3.35. The first-order chi connectivity index (χ1) is 8.59. The third-order valence-electron chi connectivity index (χ3n) is 3.35. The number of rotatable bonds is 4. The number of carboxylic acid groups (broad SMARTS) is 1. The van der Waals surface area contributed by atoms with Crippen LogP contribution in [-0.2, 0) is 16.1 Å². The van der Waals surface area contributed by atoms with Gasteiger partial charge in [0, 0.05) is 18.2 Å². The molecule has 0 saturated carbocycles. The zero-order valence-corrected chi connectivity index (χ0v) is 10.2. The lowest BCUT2D eigenvalue weighted by Gasteiger charge is -2.26. The summed E-state index contributed by atoms with van der Waals surface area (Å²) in [5, 5.41) is 18.8. The van der Waals surface area contributed by atoms with E-state index in [2.05, 4.69) is 0 Å². The molecule has 1 heterocycles. The van der Waals surface area contributed by atoms with Crippen molar-refractivity contribution in [3.05, 3.63) is 29.8 Å². The lowest BCUT2D eigenvalue weighted by Crippen LogP contribution is -2.40. The summed E-state index contributed by atoms with van der Waals surface area (Å²) in [6.07, 6.45) is 0. The van der Waals surface area contributed by atoms with Crippen LogP contribution < -0.4 is 0 Å². The number of likely N-dealkylation sites (N-methyl/N-ethyl adjacent to an activating group) is 1. The molecular weight excluding hydrogens is 234 g/mol. The van der Waals surface area contributed by atoms with Crippen LogP contribution in [0.1, 0.15) is 5.56 Å². The molecule has 1 aromatic rings. The first-order valence-electron chi connectivity index (χ1n) is 5.87. The lowest BCUT2D eigenvalue weighted by atomic mass is 10.0. The van der Waals surface area contributed by atoms with E-state index in [1.165, 1.54) is 0 Å². The van der Waals surface area contributed by atoms with Gasteiger partial charge in [0.2, 0.25) is 0 Å². The number of aliphatic carboxylic acids is 1. The van der Waals surface area contributed by atoms with Crippen LogP contribution >= 0.6 is 0 Å². The fraction of sp³-hybridized carbons (Fsp3) is 0.462. The molecule has 2 atom stereocenters. The predicted octanol–water partition coefficient (Wildman–Crippen LogP) is 0.924. The van der Waals surface area contributed by atoms with Gasteiger partial charge in [-0.25, -0.2) is 0 Å². The average Bonchev–Trinajstić information content (AvgIpc) is 2.81. The smallest absolute Gasteiger partial charge is 0.310 e. The number of hydrogen-bond donors (Lipinski definition) is 2. The van der Waals surface area contributed by atoms with Crippen molar-refractivity contribution in [2.24, 2.45) is 5.92 Å². The number of ether oxygens (including phenoxy) is 1. The van der Waals surface area contributed by atoms with Crippen molar-refractivity contribution in [2.75, 3.05) is 20.3 Å². The number of phenolic OH excluding ortho intramolecular Hbond substituents is 1. The molecule has 2 N–H and O–H groups in total. The monoisotopic (exact) mass is 251 g/mol. The standard InChI is InChI=1S/C13H17NO4/c1-14(6-9-4-2-3-5-12(9)15)11-8-18-7-10(11)13(16)17/h2-5,10-11,15H,6-8H2,1H3,(H,16,17). The van der Waals surface area contributed by atoms with E-state index in [-0.39, 0.29) is 18.4 Å². The highest BCUT2D eigenvalue weighted by molar-refractivity contribution is 5.71. The zero-order chi connectivity index (χ0) is 13.1. The highest BCUT2D eigenvalue weighted by Gasteiger charge is 2.36. The molecule has 1 aliphatic rings. The van der Waals surface area contributed by atoms with Crippen LogP contribution in [0.2, 0.25) is 0 Å². The van der Waals surface area contributed by atoms with E-state index in [4.69, 9.17) is 9.84 Å². The molecule has 0 spiro atoms. The Morgan fingerprint density at radius 3 is 2.83 bits per heavy atom. The maximum absolute atomic E-state index is 11.1. The van der Waals surface area contributed by atoms with Gasteiger partial charge in [0.1, 0.15) is 5.75 Å². The van der Waals surface area contributed by atoms with Crippen LogP contribution in [0, 0.1) is 5.92 Å². The molecule has 5 nitrogen and oxygen atoms in total. The Labute approximate surface area is 106 Å². The van der Waals surface area contributed by atoms with Gasteiger partial charge in [-0.2, -0.15) is 0 Å². The minimum absolute atomic E-state index is 0.151. The summed E-state index contributed by atoms with van der Waals surface area (Å²) in [4.78, 5) is 13.0. The van der Waals surface area contributed by atoms with Crippen LogP contribution in [-0.4, -0.2) is 47.4 Å². The molecule has 18 heavy (non-hydrogen) atoms. The molecule has 0 aromatic heterocycles. The van der Waals surface area contributed by atoms with Crippen LogP contribution in [0.5, 0.6) is 5.75 Å². The number of nitrogens with zero attached hydrogens (tertiary/aromatic N) is 1. The van der Waals surface area contributed by atoms with Gasteiger partial charge in [-0.05, 0) is 13.1 Å². The van der Waals surface area contributed by atoms with Crippen molar-refractivity contribution < 1.29 is 19.7 Å². The summed E-state index contributed by atoms with van der Waals surface area (Å²) < 4.78 is 5.24. The van der Waals surface area contributed by atoms with E-state index in [9.17, 15) is 9.90 Å². The molecule has 2 rings (SSSR count). The molecule has 1 aromatic carbocycles. The van der Waals surface area contributed by atoms with Gasteiger partial charge in [0.25, 0.3) is 0 Å². The van der Waals surface area contributed by atoms with Crippen molar-refractivity contribution in [1.82, 2.24) is 4.90 Å². The Morgan fingerprint density at radius 1 is 1.44 bits per heavy atom. The van der Waals surface area contributed by atoms with Crippen LogP contribution in [0.25, 0.3) is 0 Å². The van der Waals surface area contributed by atoms with Crippen molar-refractivity contribution in [3.8, 4) is 5.75 Å². The van der Waals surface area contributed by atoms with Crippen LogP contribution in [0.4, 0.5) is 0 Å². The summed E-state index contributed by atoms with van der Waals surface area (Å²) in [6, 6.07) is 6.92. The summed E-state index contributed by atoms with van der Waals surface area (Å²) >= 11 is 0. The highest BCUT2D eigenvalue weighted by atomic mass is 16.5. The number of hydrogen-bond acceptors (Lipinski definition) is 4. The Morgan fingerprint density at radius 2 is 2.17 bits per heavy atom. The topological polar surface area (TPSA) is 70.0 Å². The molecule has 1 fully saturated rings. The average molecular weight is 251 g/mol. The van der Waals surface area contributed by atoms with Crippen molar-refractivity contribution in [1.29, 1.82) is 0 Å². The molecule has 2 unspecified atom stereocenters. The fourth-order valence-electron chi connectivity index (χ4n) is 2.24. The zero-order valence-electron chi connectivity index (χ0n) is 10.2.